The Morgan fingerprint density at radius 1 is 1.30 bits per heavy atom. The van der Waals surface area contributed by atoms with Crippen molar-refractivity contribution < 1.29 is 19.3 Å². The average molecular weight is 281 g/mol. The van der Waals surface area contributed by atoms with Gasteiger partial charge in [0.1, 0.15) is 18.5 Å². The molecule has 1 aliphatic rings. The van der Waals surface area contributed by atoms with E-state index in [1.807, 2.05) is 24.3 Å². The minimum absolute atomic E-state index is 0.193. The number of aliphatic hydroxyl groups is 1. The van der Waals surface area contributed by atoms with Crippen LogP contribution in [0, 0.1) is 0 Å². The van der Waals surface area contributed by atoms with Crippen LogP contribution in [0.15, 0.2) is 24.3 Å². The summed E-state index contributed by atoms with van der Waals surface area (Å²) in [7, 11) is 0. The van der Waals surface area contributed by atoms with Crippen LogP contribution in [0.4, 0.5) is 0 Å². The van der Waals surface area contributed by atoms with Gasteiger partial charge >= 0.3 is 0 Å². The molecule has 1 atom stereocenters. The molecule has 0 aromatic heterocycles. The number of hydrogen-bond acceptors (Lipinski definition) is 5. The number of nitrogens with two attached hydrogens (primary N) is 1. The van der Waals surface area contributed by atoms with Crippen LogP contribution < -0.4 is 10.5 Å². The largest absolute Gasteiger partial charge is 0.491 e. The lowest BCUT2D eigenvalue weighted by atomic mass is 10.1. The SMILES string of the molecule is NCc1cccc(OCC(O)COC2CCOCC2)c1. The molecule has 5 heteroatoms. The highest BCUT2D eigenvalue weighted by atomic mass is 16.5. The van der Waals surface area contributed by atoms with Crippen molar-refractivity contribution in [2.75, 3.05) is 26.4 Å². The molecular weight excluding hydrogens is 258 g/mol. The molecule has 1 fully saturated rings. The molecule has 1 aliphatic heterocycles. The van der Waals surface area contributed by atoms with Crippen LogP contribution >= 0.6 is 0 Å². The third-order valence-electron chi connectivity index (χ3n) is 3.27. The lowest BCUT2D eigenvalue weighted by Crippen LogP contribution is -2.30. The number of ether oxygens (including phenoxy) is 3. The maximum Gasteiger partial charge on any atom is 0.119 e. The maximum atomic E-state index is 9.86. The van der Waals surface area contributed by atoms with Gasteiger partial charge in [0.25, 0.3) is 0 Å². The topological polar surface area (TPSA) is 73.9 Å². The van der Waals surface area contributed by atoms with Crippen molar-refractivity contribution in [3.05, 3.63) is 29.8 Å². The summed E-state index contributed by atoms with van der Waals surface area (Å²) in [6.45, 7) is 2.47. The molecule has 2 rings (SSSR count). The summed E-state index contributed by atoms with van der Waals surface area (Å²) in [5.74, 6) is 0.720. The van der Waals surface area contributed by atoms with Gasteiger partial charge in [-0.1, -0.05) is 12.1 Å². The van der Waals surface area contributed by atoms with Gasteiger partial charge in [-0.2, -0.15) is 0 Å². The van der Waals surface area contributed by atoms with Gasteiger partial charge in [-0.3, -0.25) is 0 Å². The van der Waals surface area contributed by atoms with Crippen LogP contribution in [0.2, 0.25) is 0 Å². The van der Waals surface area contributed by atoms with E-state index >= 15 is 0 Å². The average Bonchev–Trinajstić information content (AvgIpc) is 2.52. The smallest absolute Gasteiger partial charge is 0.119 e. The Kier molecular flexibility index (Phi) is 6.26. The molecule has 5 nitrogen and oxygen atoms in total. The van der Waals surface area contributed by atoms with Gasteiger partial charge in [0.05, 0.1) is 12.7 Å². The first-order valence-electron chi connectivity index (χ1n) is 7.07. The van der Waals surface area contributed by atoms with Gasteiger partial charge in [0.15, 0.2) is 0 Å². The zero-order chi connectivity index (χ0) is 14.2. The molecular formula is C15H23NO4. The van der Waals surface area contributed by atoms with Gasteiger partial charge in [-0.05, 0) is 30.5 Å². The second kappa shape index (κ2) is 8.21. The summed E-state index contributed by atoms with van der Waals surface area (Å²) in [5, 5.41) is 9.86. The Balaban J connectivity index is 1.67. The van der Waals surface area contributed by atoms with Crippen LogP contribution in [0.3, 0.4) is 0 Å². The number of aliphatic hydroxyl groups excluding tert-OH is 1. The first-order chi connectivity index (χ1) is 9.78. The minimum Gasteiger partial charge on any atom is -0.491 e. The Labute approximate surface area is 119 Å². The first kappa shape index (κ1) is 15.3. The summed E-state index contributed by atoms with van der Waals surface area (Å²) in [6.07, 6.45) is 1.36. The van der Waals surface area contributed by atoms with Crippen molar-refractivity contribution in [2.24, 2.45) is 5.73 Å². The summed E-state index contributed by atoms with van der Waals surface area (Å²) in [4.78, 5) is 0. The van der Waals surface area contributed by atoms with Crippen molar-refractivity contribution in [2.45, 2.75) is 31.6 Å². The van der Waals surface area contributed by atoms with Gasteiger partial charge in [-0.25, -0.2) is 0 Å². The number of rotatable bonds is 7. The molecule has 1 heterocycles. The second-order valence-electron chi connectivity index (χ2n) is 4.96. The third-order valence-corrected chi connectivity index (χ3v) is 3.27. The van der Waals surface area contributed by atoms with Gasteiger partial charge in [-0.15, -0.1) is 0 Å². The van der Waals surface area contributed by atoms with E-state index in [1.165, 1.54) is 0 Å². The van der Waals surface area contributed by atoms with Crippen LogP contribution in [0.25, 0.3) is 0 Å². The molecule has 1 saturated heterocycles. The molecule has 0 aliphatic carbocycles. The molecule has 0 radical (unpaired) electrons. The second-order valence-corrected chi connectivity index (χ2v) is 4.96. The quantitative estimate of drug-likeness (QED) is 0.782. The standard InChI is InChI=1S/C15H23NO4/c16-9-12-2-1-3-15(8-12)20-11-13(17)10-19-14-4-6-18-7-5-14/h1-3,8,13-14,17H,4-7,9-11,16H2. The molecule has 1 unspecified atom stereocenters. The molecule has 1 aromatic rings. The lowest BCUT2D eigenvalue weighted by Gasteiger charge is -2.23. The van der Waals surface area contributed by atoms with E-state index in [4.69, 9.17) is 19.9 Å². The minimum atomic E-state index is -0.626. The molecule has 0 saturated carbocycles. The Bertz CT molecular complexity index is 393. The van der Waals surface area contributed by atoms with E-state index in [0.29, 0.717) is 13.2 Å². The molecule has 1 aromatic carbocycles. The summed E-state index contributed by atoms with van der Waals surface area (Å²) < 4.78 is 16.4. The van der Waals surface area contributed by atoms with E-state index in [1.54, 1.807) is 0 Å². The van der Waals surface area contributed by atoms with E-state index < -0.39 is 6.10 Å². The van der Waals surface area contributed by atoms with Gasteiger partial charge in [0.2, 0.25) is 0 Å². The molecule has 0 bridgehead atoms. The fourth-order valence-electron chi connectivity index (χ4n) is 2.09. The van der Waals surface area contributed by atoms with Crippen molar-refractivity contribution in [3.8, 4) is 5.75 Å². The zero-order valence-corrected chi connectivity index (χ0v) is 11.7. The van der Waals surface area contributed by atoms with E-state index in [2.05, 4.69) is 0 Å². The van der Waals surface area contributed by atoms with Crippen LogP contribution in [-0.2, 0) is 16.0 Å². The number of benzene rings is 1. The van der Waals surface area contributed by atoms with Gasteiger partial charge < -0.3 is 25.1 Å². The highest BCUT2D eigenvalue weighted by Gasteiger charge is 2.16. The van der Waals surface area contributed by atoms with Crippen molar-refractivity contribution in [3.63, 3.8) is 0 Å². The molecule has 0 amide bonds. The fourth-order valence-corrected chi connectivity index (χ4v) is 2.09. The first-order valence-corrected chi connectivity index (χ1v) is 7.07. The normalized spacial score (nSPS) is 17.9. The molecule has 0 spiro atoms. The Morgan fingerprint density at radius 2 is 2.10 bits per heavy atom. The zero-order valence-electron chi connectivity index (χ0n) is 11.7. The predicted octanol–water partition coefficient (Wildman–Crippen LogP) is 1.08. The van der Waals surface area contributed by atoms with Gasteiger partial charge in [0, 0.05) is 19.8 Å². The van der Waals surface area contributed by atoms with Crippen molar-refractivity contribution >= 4 is 0 Å². The Hall–Kier alpha value is -1.14. The van der Waals surface area contributed by atoms with E-state index in [0.717, 1.165) is 37.4 Å². The maximum absolute atomic E-state index is 9.86. The predicted molar refractivity (Wildman–Crippen MR) is 75.6 cm³/mol. The number of hydrogen-bond donors (Lipinski definition) is 2. The fraction of sp³-hybridized carbons (Fsp3) is 0.600. The molecule has 20 heavy (non-hydrogen) atoms. The lowest BCUT2D eigenvalue weighted by molar-refractivity contribution is -0.0659. The van der Waals surface area contributed by atoms with Crippen LogP contribution in [0.1, 0.15) is 18.4 Å². The summed E-state index contributed by atoms with van der Waals surface area (Å²) in [5.41, 5.74) is 6.58. The summed E-state index contributed by atoms with van der Waals surface area (Å²) in [6, 6.07) is 7.57. The Morgan fingerprint density at radius 3 is 2.85 bits per heavy atom. The van der Waals surface area contributed by atoms with Crippen LogP contribution in [0.5, 0.6) is 5.75 Å². The molecule has 112 valence electrons. The highest BCUT2D eigenvalue weighted by Crippen LogP contribution is 2.14. The third kappa shape index (κ3) is 5.09. The summed E-state index contributed by atoms with van der Waals surface area (Å²) >= 11 is 0. The highest BCUT2D eigenvalue weighted by molar-refractivity contribution is 5.28. The van der Waals surface area contributed by atoms with Crippen molar-refractivity contribution in [1.29, 1.82) is 0 Å². The van der Waals surface area contributed by atoms with Crippen molar-refractivity contribution in [1.82, 2.24) is 0 Å². The van der Waals surface area contributed by atoms with Crippen LogP contribution in [-0.4, -0.2) is 43.7 Å². The van der Waals surface area contributed by atoms with E-state index in [9.17, 15) is 5.11 Å². The monoisotopic (exact) mass is 281 g/mol. The van der Waals surface area contributed by atoms with E-state index in [-0.39, 0.29) is 12.7 Å². The molecule has 3 N–H and O–H groups in total.